The van der Waals surface area contributed by atoms with Crippen LogP contribution in [0.15, 0.2) is 18.7 Å². The van der Waals surface area contributed by atoms with Crippen molar-refractivity contribution >= 4 is 17.7 Å². The highest BCUT2D eigenvalue weighted by Gasteiger charge is 2.17. The molecule has 0 spiro atoms. The third-order valence-corrected chi connectivity index (χ3v) is 2.49. The summed E-state index contributed by atoms with van der Waals surface area (Å²) in [6.07, 6.45) is 4.85. The molecule has 7 heteroatoms. The number of anilines is 1. The van der Waals surface area contributed by atoms with Crippen molar-refractivity contribution in [1.82, 2.24) is 14.9 Å². The number of aliphatic carboxylic acids is 1. The van der Waals surface area contributed by atoms with E-state index in [4.69, 9.17) is 5.11 Å². The molecule has 1 aromatic rings. The van der Waals surface area contributed by atoms with E-state index in [1.54, 1.807) is 4.90 Å². The summed E-state index contributed by atoms with van der Waals surface area (Å²) in [5.74, 6) is -0.861. The highest BCUT2D eigenvalue weighted by Crippen LogP contribution is 2.07. The smallest absolute Gasteiger partial charge is 0.322 e. The van der Waals surface area contributed by atoms with E-state index in [-0.39, 0.29) is 18.5 Å². The van der Waals surface area contributed by atoms with Crippen LogP contribution in [0.2, 0.25) is 0 Å². The van der Waals surface area contributed by atoms with Gasteiger partial charge in [0, 0.05) is 19.0 Å². The Morgan fingerprint density at radius 1 is 1.37 bits per heavy atom. The molecule has 1 aromatic heterocycles. The zero-order chi connectivity index (χ0) is 14.3. The number of carbonyl (C=O) groups excluding carboxylic acids is 1. The van der Waals surface area contributed by atoms with Gasteiger partial charge in [0.1, 0.15) is 6.33 Å². The van der Waals surface area contributed by atoms with E-state index in [1.807, 2.05) is 13.8 Å². The minimum absolute atomic E-state index is 0.0153. The molecule has 1 rings (SSSR count). The average molecular weight is 266 g/mol. The lowest BCUT2D eigenvalue weighted by atomic mass is 10.2. The summed E-state index contributed by atoms with van der Waals surface area (Å²) in [6, 6.07) is -0.298. The molecule has 2 N–H and O–H groups in total. The topological polar surface area (TPSA) is 95.4 Å². The van der Waals surface area contributed by atoms with Gasteiger partial charge in [-0.2, -0.15) is 0 Å². The van der Waals surface area contributed by atoms with Crippen molar-refractivity contribution in [2.75, 3.05) is 11.9 Å². The third kappa shape index (κ3) is 5.33. The van der Waals surface area contributed by atoms with E-state index in [0.29, 0.717) is 18.7 Å². The predicted octanol–water partition coefficient (Wildman–Crippen LogP) is 1.58. The Hall–Kier alpha value is -2.18. The summed E-state index contributed by atoms with van der Waals surface area (Å²) < 4.78 is 0. The van der Waals surface area contributed by atoms with Gasteiger partial charge in [-0.3, -0.25) is 4.79 Å². The van der Waals surface area contributed by atoms with Crippen LogP contribution in [0, 0.1) is 0 Å². The van der Waals surface area contributed by atoms with Crippen molar-refractivity contribution in [2.45, 2.75) is 32.7 Å². The average Bonchev–Trinajstić information content (AvgIpc) is 2.35. The largest absolute Gasteiger partial charge is 0.481 e. The fraction of sp³-hybridized carbons (Fsp3) is 0.500. The SMILES string of the molecule is CC(C)N(CCCC(=O)O)C(=O)Nc1cncnc1. The molecular weight excluding hydrogens is 248 g/mol. The van der Waals surface area contributed by atoms with Gasteiger partial charge < -0.3 is 15.3 Å². The molecule has 0 unspecified atom stereocenters. The number of carboxylic acids is 1. The van der Waals surface area contributed by atoms with Gasteiger partial charge in [0.25, 0.3) is 0 Å². The molecular formula is C12H18N4O3. The molecule has 0 fully saturated rings. The molecule has 19 heavy (non-hydrogen) atoms. The van der Waals surface area contributed by atoms with Gasteiger partial charge in [-0.25, -0.2) is 14.8 Å². The number of carbonyl (C=O) groups is 2. The van der Waals surface area contributed by atoms with Crippen molar-refractivity contribution in [3.63, 3.8) is 0 Å². The molecule has 0 saturated carbocycles. The number of hydrogen-bond donors (Lipinski definition) is 2. The number of urea groups is 1. The number of carboxylic acid groups (broad SMARTS) is 1. The van der Waals surface area contributed by atoms with E-state index in [9.17, 15) is 9.59 Å². The molecule has 0 aliphatic heterocycles. The quantitative estimate of drug-likeness (QED) is 0.815. The first kappa shape index (κ1) is 14.9. The van der Waals surface area contributed by atoms with Gasteiger partial charge in [0.15, 0.2) is 0 Å². The maximum atomic E-state index is 12.0. The van der Waals surface area contributed by atoms with Crippen LogP contribution in [-0.4, -0.2) is 44.6 Å². The molecule has 2 amide bonds. The Morgan fingerprint density at radius 3 is 2.53 bits per heavy atom. The summed E-state index contributed by atoms with van der Waals surface area (Å²) in [6.45, 7) is 4.15. The molecule has 104 valence electrons. The van der Waals surface area contributed by atoms with Gasteiger partial charge in [0.05, 0.1) is 18.1 Å². The van der Waals surface area contributed by atoms with Gasteiger partial charge in [-0.05, 0) is 20.3 Å². The molecule has 0 saturated heterocycles. The molecule has 0 radical (unpaired) electrons. The van der Waals surface area contributed by atoms with Crippen LogP contribution in [0.1, 0.15) is 26.7 Å². The lowest BCUT2D eigenvalue weighted by Gasteiger charge is -2.26. The summed E-state index contributed by atoms with van der Waals surface area (Å²) in [4.78, 5) is 31.7. The second-order valence-corrected chi connectivity index (χ2v) is 4.34. The third-order valence-electron chi connectivity index (χ3n) is 2.49. The lowest BCUT2D eigenvalue weighted by molar-refractivity contribution is -0.137. The fourth-order valence-electron chi connectivity index (χ4n) is 1.55. The van der Waals surface area contributed by atoms with Crippen LogP contribution < -0.4 is 5.32 Å². The molecule has 7 nitrogen and oxygen atoms in total. The number of hydrogen-bond acceptors (Lipinski definition) is 4. The van der Waals surface area contributed by atoms with Crippen molar-refractivity contribution in [1.29, 1.82) is 0 Å². The number of rotatable bonds is 6. The zero-order valence-corrected chi connectivity index (χ0v) is 11.0. The first-order valence-corrected chi connectivity index (χ1v) is 6.05. The Kier molecular flexibility index (Phi) is 5.72. The second kappa shape index (κ2) is 7.30. The summed E-state index contributed by atoms with van der Waals surface area (Å²) in [5.41, 5.74) is 0.511. The first-order valence-electron chi connectivity index (χ1n) is 6.05. The van der Waals surface area contributed by atoms with Crippen LogP contribution in [0.4, 0.5) is 10.5 Å². The summed E-state index contributed by atoms with van der Waals surface area (Å²) in [5, 5.41) is 11.3. The molecule has 0 atom stereocenters. The molecule has 0 aliphatic rings. The fourth-order valence-corrected chi connectivity index (χ4v) is 1.55. The number of nitrogens with zero attached hydrogens (tertiary/aromatic N) is 3. The van der Waals surface area contributed by atoms with E-state index in [1.165, 1.54) is 18.7 Å². The van der Waals surface area contributed by atoms with Crippen LogP contribution in [-0.2, 0) is 4.79 Å². The monoisotopic (exact) mass is 266 g/mol. The van der Waals surface area contributed by atoms with Crippen LogP contribution in [0.5, 0.6) is 0 Å². The van der Waals surface area contributed by atoms with Crippen LogP contribution >= 0.6 is 0 Å². The molecule has 0 aliphatic carbocycles. The Morgan fingerprint density at radius 2 is 2.00 bits per heavy atom. The standard InChI is InChI=1S/C12H18N4O3/c1-9(2)16(5-3-4-11(17)18)12(19)15-10-6-13-8-14-7-10/h6-9H,3-5H2,1-2H3,(H,15,19)(H,17,18). The highest BCUT2D eigenvalue weighted by atomic mass is 16.4. The molecule has 1 heterocycles. The van der Waals surface area contributed by atoms with Crippen LogP contribution in [0.3, 0.4) is 0 Å². The van der Waals surface area contributed by atoms with Crippen molar-refractivity contribution in [3.8, 4) is 0 Å². The van der Waals surface area contributed by atoms with E-state index < -0.39 is 5.97 Å². The minimum Gasteiger partial charge on any atom is -0.481 e. The first-order chi connectivity index (χ1) is 9.00. The highest BCUT2D eigenvalue weighted by molar-refractivity contribution is 5.89. The Labute approximate surface area is 111 Å². The number of nitrogens with one attached hydrogen (secondary N) is 1. The van der Waals surface area contributed by atoms with Crippen molar-refractivity contribution in [2.24, 2.45) is 0 Å². The van der Waals surface area contributed by atoms with Crippen molar-refractivity contribution < 1.29 is 14.7 Å². The maximum Gasteiger partial charge on any atom is 0.322 e. The normalized spacial score (nSPS) is 10.3. The maximum absolute atomic E-state index is 12.0. The Bertz CT molecular complexity index is 422. The van der Waals surface area contributed by atoms with Crippen LogP contribution in [0.25, 0.3) is 0 Å². The van der Waals surface area contributed by atoms with Gasteiger partial charge in [0.2, 0.25) is 0 Å². The van der Waals surface area contributed by atoms with Gasteiger partial charge in [-0.15, -0.1) is 0 Å². The van der Waals surface area contributed by atoms with Crippen molar-refractivity contribution in [3.05, 3.63) is 18.7 Å². The summed E-state index contributed by atoms with van der Waals surface area (Å²) in [7, 11) is 0. The zero-order valence-electron chi connectivity index (χ0n) is 11.0. The second-order valence-electron chi connectivity index (χ2n) is 4.34. The van der Waals surface area contributed by atoms with E-state index in [2.05, 4.69) is 15.3 Å². The molecule has 0 bridgehead atoms. The van der Waals surface area contributed by atoms with Gasteiger partial charge >= 0.3 is 12.0 Å². The Balaban J connectivity index is 2.55. The number of aromatic nitrogens is 2. The molecule has 0 aromatic carbocycles. The minimum atomic E-state index is -0.861. The summed E-state index contributed by atoms with van der Waals surface area (Å²) >= 11 is 0. The van der Waals surface area contributed by atoms with Gasteiger partial charge in [-0.1, -0.05) is 0 Å². The van der Waals surface area contributed by atoms with E-state index >= 15 is 0 Å². The van der Waals surface area contributed by atoms with E-state index in [0.717, 1.165) is 0 Å². The predicted molar refractivity (Wildman–Crippen MR) is 69.8 cm³/mol. The lowest BCUT2D eigenvalue weighted by Crippen LogP contribution is -2.40. The number of amides is 2.